The molecule has 0 saturated heterocycles. The molecule has 0 spiro atoms. The summed E-state index contributed by atoms with van der Waals surface area (Å²) >= 11 is 0. The summed E-state index contributed by atoms with van der Waals surface area (Å²) in [6, 6.07) is 11.6. The third kappa shape index (κ3) is 1.84. The van der Waals surface area contributed by atoms with Gasteiger partial charge in [0.2, 0.25) is 5.82 Å². The van der Waals surface area contributed by atoms with Crippen molar-refractivity contribution in [2.45, 2.75) is 13.0 Å². The molecule has 0 aliphatic rings. The maximum Gasteiger partial charge on any atom is 0.255 e. The van der Waals surface area contributed by atoms with Crippen LogP contribution in [0.15, 0.2) is 40.9 Å². The maximum absolute atomic E-state index is 9.34. The first-order chi connectivity index (χ1) is 8.74. The zero-order chi connectivity index (χ0) is 12.5. The number of aliphatic hydroxyl groups is 1. The second-order valence-corrected chi connectivity index (χ2v) is 4.02. The van der Waals surface area contributed by atoms with Crippen molar-refractivity contribution in [2.75, 3.05) is 0 Å². The second-order valence-electron chi connectivity index (χ2n) is 4.02. The molecule has 0 aliphatic heterocycles. The van der Waals surface area contributed by atoms with Gasteiger partial charge in [-0.2, -0.15) is 4.98 Å². The number of benzene rings is 1. The Morgan fingerprint density at radius 1 is 1.11 bits per heavy atom. The van der Waals surface area contributed by atoms with E-state index in [9.17, 15) is 5.11 Å². The van der Waals surface area contributed by atoms with Gasteiger partial charge in [0.15, 0.2) is 0 Å². The topological polar surface area (TPSA) is 72.0 Å². The fourth-order valence-electron chi connectivity index (χ4n) is 1.70. The molecule has 0 amide bonds. The van der Waals surface area contributed by atoms with E-state index in [0.29, 0.717) is 11.5 Å². The minimum absolute atomic E-state index is 0.194. The number of pyridine rings is 1. The van der Waals surface area contributed by atoms with Gasteiger partial charge in [0, 0.05) is 5.39 Å². The number of aliphatic hydroxyl groups excluding tert-OH is 1. The van der Waals surface area contributed by atoms with Crippen molar-refractivity contribution in [1.82, 2.24) is 15.1 Å². The van der Waals surface area contributed by atoms with Gasteiger partial charge in [0.05, 0.1) is 5.52 Å². The molecule has 0 radical (unpaired) electrons. The van der Waals surface area contributed by atoms with Crippen LogP contribution in [0.4, 0.5) is 0 Å². The predicted octanol–water partition coefficient (Wildman–Crippen LogP) is 2.34. The van der Waals surface area contributed by atoms with E-state index in [1.54, 1.807) is 6.92 Å². The lowest BCUT2D eigenvalue weighted by Gasteiger charge is -1.98. The minimum Gasteiger partial charge on any atom is -0.384 e. The van der Waals surface area contributed by atoms with E-state index in [1.807, 2.05) is 36.4 Å². The molecule has 5 heteroatoms. The van der Waals surface area contributed by atoms with Crippen LogP contribution in [-0.4, -0.2) is 20.2 Å². The average Bonchev–Trinajstić information content (AvgIpc) is 2.88. The maximum atomic E-state index is 9.34. The van der Waals surface area contributed by atoms with E-state index in [1.165, 1.54) is 0 Å². The van der Waals surface area contributed by atoms with Gasteiger partial charge in [-0.3, -0.25) is 0 Å². The van der Waals surface area contributed by atoms with Gasteiger partial charge in [-0.05, 0) is 19.1 Å². The molecular weight excluding hydrogens is 230 g/mol. The van der Waals surface area contributed by atoms with Gasteiger partial charge in [0.25, 0.3) is 5.89 Å². The van der Waals surface area contributed by atoms with E-state index >= 15 is 0 Å². The Bertz CT molecular complexity index is 691. The van der Waals surface area contributed by atoms with Crippen molar-refractivity contribution in [3.8, 4) is 11.5 Å². The van der Waals surface area contributed by atoms with Crippen LogP contribution in [0.5, 0.6) is 0 Å². The lowest BCUT2D eigenvalue weighted by atomic mass is 10.2. The zero-order valence-corrected chi connectivity index (χ0v) is 9.74. The zero-order valence-electron chi connectivity index (χ0n) is 9.74. The smallest absolute Gasteiger partial charge is 0.255 e. The molecule has 3 aromatic rings. The van der Waals surface area contributed by atoms with Crippen LogP contribution in [0.2, 0.25) is 0 Å². The van der Waals surface area contributed by atoms with Crippen LogP contribution in [0.1, 0.15) is 18.9 Å². The Labute approximate surface area is 103 Å². The number of para-hydroxylation sites is 1. The molecule has 1 unspecified atom stereocenters. The van der Waals surface area contributed by atoms with Crippen molar-refractivity contribution >= 4 is 10.9 Å². The van der Waals surface area contributed by atoms with Crippen LogP contribution in [0, 0.1) is 0 Å². The van der Waals surface area contributed by atoms with Crippen LogP contribution in [0.25, 0.3) is 22.4 Å². The average molecular weight is 241 g/mol. The number of nitrogens with zero attached hydrogens (tertiary/aromatic N) is 3. The molecule has 0 saturated carbocycles. The van der Waals surface area contributed by atoms with E-state index in [-0.39, 0.29) is 5.89 Å². The van der Waals surface area contributed by atoms with Crippen LogP contribution in [-0.2, 0) is 0 Å². The Balaban J connectivity index is 2.07. The largest absolute Gasteiger partial charge is 0.384 e. The summed E-state index contributed by atoms with van der Waals surface area (Å²) in [6.07, 6.45) is -0.772. The van der Waals surface area contributed by atoms with Gasteiger partial charge in [-0.15, -0.1) is 0 Å². The van der Waals surface area contributed by atoms with E-state index in [2.05, 4.69) is 15.1 Å². The number of rotatable bonds is 2. The van der Waals surface area contributed by atoms with Crippen molar-refractivity contribution in [2.24, 2.45) is 0 Å². The summed E-state index contributed by atoms with van der Waals surface area (Å²) in [5.74, 6) is 0.580. The number of fused-ring (bicyclic) bond motifs is 1. The number of hydrogen-bond acceptors (Lipinski definition) is 5. The quantitative estimate of drug-likeness (QED) is 0.745. The van der Waals surface area contributed by atoms with Gasteiger partial charge in [-0.25, -0.2) is 4.98 Å². The normalized spacial score (nSPS) is 12.8. The SMILES string of the molecule is CC(O)c1nc(-c2ccc3ccccc3n2)no1. The van der Waals surface area contributed by atoms with Gasteiger partial charge >= 0.3 is 0 Å². The molecule has 3 rings (SSSR count). The Morgan fingerprint density at radius 3 is 2.72 bits per heavy atom. The first-order valence-corrected chi connectivity index (χ1v) is 5.62. The fraction of sp³-hybridized carbons (Fsp3) is 0.154. The highest BCUT2D eigenvalue weighted by molar-refractivity contribution is 5.80. The molecule has 1 aromatic carbocycles. The van der Waals surface area contributed by atoms with Crippen molar-refractivity contribution in [3.63, 3.8) is 0 Å². The lowest BCUT2D eigenvalue weighted by molar-refractivity contribution is 0.152. The summed E-state index contributed by atoms with van der Waals surface area (Å²) in [5.41, 5.74) is 1.50. The van der Waals surface area contributed by atoms with Crippen LogP contribution in [0.3, 0.4) is 0 Å². The minimum atomic E-state index is -0.772. The Morgan fingerprint density at radius 2 is 1.94 bits per heavy atom. The van der Waals surface area contributed by atoms with Crippen LogP contribution < -0.4 is 0 Å². The van der Waals surface area contributed by atoms with Crippen molar-refractivity contribution < 1.29 is 9.63 Å². The molecule has 2 heterocycles. The van der Waals surface area contributed by atoms with Crippen molar-refractivity contribution in [3.05, 3.63) is 42.3 Å². The first kappa shape index (κ1) is 10.9. The van der Waals surface area contributed by atoms with E-state index in [0.717, 1.165) is 10.9 Å². The lowest BCUT2D eigenvalue weighted by Crippen LogP contribution is -1.91. The molecule has 1 N–H and O–H groups in total. The number of aromatic nitrogens is 3. The molecule has 18 heavy (non-hydrogen) atoms. The van der Waals surface area contributed by atoms with Crippen molar-refractivity contribution in [1.29, 1.82) is 0 Å². The Hall–Kier alpha value is -2.27. The highest BCUT2D eigenvalue weighted by Crippen LogP contribution is 2.20. The molecular formula is C13H11N3O2. The van der Waals surface area contributed by atoms with E-state index < -0.39 is 6.10 Å². The molecule has 2 aromatic heterocycles. The third-order valence-electron chi connectivity index (χ3n) is 2.63. The fourth-order valence-corrected chi connectivity index (χ4v) is 1.70. The summed E-state index contributed by atoms with van der Waals surface area (Å²) in [7, 11) is 0. The van der Waals surface area contributed by atoms with Gasteiger partial charge in [0.1, 0.15) is 11.8 Å². The van der Waals surface area contributed by atoms with Crippen LogP contribution >= 0.6 is 0 Å². The molecule has 0 bridgehead atoms. The Kier molecular flexibility index (Phi) is 2.53. The van der Waals surface area contributed by atoms with Gasteiger partial charge < -0.3 is 9.63 Å². The predicted molar refractivity (Wildman–Crippen MR) is 65.7 cm³/mol. The standard InChI is InChI=1S/C13H11N3O2/c1-8(17)13-15-12(16-18-13)11-7-6-9-4-2-3-5-10(9)14-11/h2-8,17H,1H3. The monoisotopic (exact) mass is 241 g/mol. The second kappa shape index (κ2) is 4.19. The first-order valence-electron chi connectivity index (χ1n) is 5.62. The molecule has 5 nitrogen and oxygen atoms in total. The molecule has 1 atom stereocenters. The highest BCUT2D eigenvalue weighted by atomic mass is 16.5. The third-order valence-corrected chi connectivity index (χ3v) is 2.63. The van der Waals surface area contributed by atoms with Gasteiger partial charge in [-0.1, -0.05) is 29.4 Å². The number of hydrogen-bond donors (Lipinski definition) is 1. The molecule has 0 fully saturated rings. The molecule has 0 aliphatic carbocycles. The summed E-state index contributed by atoms with van der Waals surface area (Å²) in [5, 5.41) is 14.2. The molecule has 90 valence electrons. The summed E-state index contributed by atoms with van der Waals surface area (Å²) in [4.78, 5) is 8.55. The summed E-state index contributed by atoms with van der Waals surface area (Å²) < 4.78 is 4.94. The summed E-state index contributed by atoms with van der Waals surface area (Å²) in [6.45, 7) is 1.57. The highest BCUT2D eigenvalue weighted by Gasteiger charge is 2.13. The van der Waals surface area contributed by atoms with E-state index in [4.69, 9.17) is 4.52 Å².